The second-order valence-electron chi connectivity index (χ2n) is 7.31. The van der Waals surface area contributed by atoms with Crippen molar-refractivity contribution in [1.82, 2.24) is 10.1 Å². The van der Waals surface area contributed by atoms with Crippen molar-refractivity contribution >= 4 is 28.7 Å². The monoisotopic (exact) mass is 534 g/mol. The Labute approximate surface area is 200 Å². The number of aromatic nitrogens is 2. The van der Waals surface area contributed by atoms with Gasteiger partial charge in [0.1, 0.15) is 17.2 Å². The zero-order valence-corrected chi connectivity index (χ0v) is 18.1. The summed E-state index contributed by atoms with van der Waals surface area (Å²) in [6.45, 7) is -0.320. The van der Waals surface area contributed by atoms with E-state index >= 15 is 0 Å². The second kappa shape index (κ2) is 8.93. The highest BCUT2D eigenvalue weighted by Gasteiger charge is 2.38. The van der Waals surface area contributed by atoms with Gasteiger partial charge in [0.05, 0.1) is 10.6 Å². The van der Waals surface area contributed by atoms with E-state index in [2.05, 4.69) is 25.3 Å². The number of rotatable bonds is 6. The van der Waals surface area contributed by atoms with Gasteiger partial charge in [-0.25, -0.2) is 4.39 Å². The SMILES string of the molecule is O=c1c(NCc2ccc(-c3noc(C(F)(F)F)n3)cc2F)c(Nc2ccc(C(F)(F)F)c(Cl)c2)c1=O. The molecular weight excluding hydrogens is 525 g/mol. The molecule has 0 bridgehead atoms. The highest BCUT2D eigenvalue weighted by Crippen LogP contribution is 2.36. The summed E-state index contributed by atoms with van der Waals surface area (Å²) in [6.07, 6.45) is -9.56. The zero-order chi connectivity index (χ0) is 26.4. The van der Waals surface area contributed by atoms with Crippen LogP contribution in [0.2, 0.25) is 5.02 Å². The summed E-state index contributed by atoms with van der Waals surface area (Å²) in [5.41, 5.74) is -3.64. The van der Waals surface area contributed by atoms with Crippen molar-refractivity contribution in [3.8, 4) is 11.4 Å². The Morgan fingerprint density at radius 1 is 0.917 bits per heavy atom. The second-order valence-corrected chi connectivity index (χ2v) is 7.71. The predicted octanol–water partition coefficient (Wildman–Crippen LogP) is 5.52. The van der Waals surface area contributed by atoms with E-state index in [1.54, 1.807) is 0 Å². The first kappa shape index (κ1) is 25.2. The Kier molecular flexibility index (Phi) is 6.24. The molecule has 1 heterocycles. The van der Waals surface area contributed by atoms with Crippen molar-refractivity contribution in [1.29, 1.82) is 0 Å². The van der Waals surface area contributed by atoms with Gasteiger partial charge in [0.25, 0.3) is 10.9 Å². The van der Waals surface area contributed by atoms with Gasteiger partial charge in [-0.15, -0.1) is 0 Å². The number of nitrogens with one attached hydrogen (secondary N) is 2. The van der Waals surface area contributed by atoms with E-state index in [4.69, 9.17) is 11.6 Å². The maximum atomic E-state index is 14.5. The van der Waals surface area contributed by atoms with Gasteiger partial charge in [-0.3, -0.25) is 9.59 Å². The molecule has 1 aromatic heterocycles. The summed E-state index contributed by atoms with van der Waals surface area (Å²) < 4.78 is 94.9. The molecule has 0 aliphatic carbocycles. The van der Waals surface area contributed by atoms with Gasteiger partial charge in [-0.2, -0.15) is 31.3 Å². The molecule has 0 fully saturated rings. The van der Waals surface area contributed by atoms with Crippen molar-refractivity contribution in [2.24, 2.45) is 0 Å². The fourth-order valence-electron chi connectivity index (χ4n) is 3.12. The molecular formula is C21H10ClF7N4O3. The molecule has 0 spiro atoms. The van der Waals surface area contributed by atoms with Crippen LogP contribution in [0.15, 0.2) is 50.5 Å². The van der Waals surface area contributed by atoms with Gasteiger partial charge in [0.15, 0.2) is 0 Å². The minimum atomic E-state index is -4.87. The van der Waals surface area contributed by atoms with Crippen LogP contribution in [0.4, 0.5) is 47.8 Å². The third-order valence-electron chi connectivity index (χ3n) is 4.89. The maximum absolute atomic E-state index is 14.5. The maximum Gasteiger partial charge on any atom is 0.471 e. The Bertz CT molecular complexity index is 1520. The lowest BCUT2D eigenvalue weighted by atomic mass is 10.1. The lowest BCUT2D eigenvalue weighted by Gasteiger charge is -2.16. The molecule has 0 atom stereocenters. The first-order chi connectivity index (χ1) is 16.8. The van der Waals surface area contributed by atoms with E-state index in [9.17, 15) is 40.3 Å². The molecule has 188 valence electrons. The Hall–Kier alpha value is -3.94. The summed E-state index contributed by atoms with van der Waals surface area (Å²) in [7, 11) is 0. The van der Waals surface area contributed by atoms with Crippen molar-refractivity contribution in [3.05, 3.63) is 84.7 Å². The van der Waals surface area contributed by atoms with Gasteiger partial charge < -0.3 is 15.2 Å². The minimum Gasteiger partial charge on any atom is -0.376 e. The molecule has 0 unspecified atom stereocenters. The third kappa shape index (κ3) is 4.89. The molecule has 15 heteroatoms. The zero-order valence-electron chi connectivity index (χ0n) is 17.3. The third-order valence-corrected chi connectivity index (χ3v) is 5.20. The standard InChI is InChI=1S/C21H10ClF7N4O3/c22-12-6-10(3-4-11(12)20(24,25)26)31-15-14(16(34)17(15)35)30-7-9-2-1-8(5-13(9)23)18-32-19(36-33-18)21(27,28)29/h1-6,30-31H,7H2. The highest BCUT2D eigenvalue weighted by atomic mass is 35.5. The molecule has 0 aliphatic rings. The molecule has 0 radical (unpaired) electrons. The summed E-state index contributed by atoms with van der Waals surface area (Å²) in [6, 6.07) is 5.89. The van der Waals surface area contributed by atoms with E-state index in [-0.39, 0.29) is 34.7 Å². The fourth-order valence-corrected chi connectivity index (χ4v) is 3.40. The van der Waals surface area contributed by atoms with Crippen LogP contribution >= 0.6 is 11.6 Å². The van der Waals surface area contributed by atoms with E-state index in [1.807, 2.05) is 0 Å². The van der Waals surface area contributed by atoms with Crippen LogP contribution in [0.1, 0.15) is 17.0 Å². The van der Waals surface area contributed by atoms with Gasteiger partial charge in [0.2, 0.25) is 5.82 Å². The lowest BCUT2D eigenvalue weighted by molar-refractivity contribution is -0.159. The Morgan fingerprint density at radius 3 is 2.19 bits per heavy atom. The Balaban J connectivity index is 1.49. The molecule has 2 N–H and O–H groups in total. The van der Waals surface area contributed by atoms with Crippen molar-refractivity contribution < 1.29 is 35.3 Å². The number of hydrogen-bond donors (Lipinski definition) is 2. The van der Waals surface area contributed by atoms with Crippen LogP contribution in [0.25, 0.3) is 11.4 Å². The molecule has 0 saturated heterocycles. The molecule has 36 heavy (non-hydrogen) atoms. The molecule has 0 aliphatic heterocycles. The van der Waals surface area contributed by atoms with Gasteiger partial charge in [-0.1, -0.05) is 28.9 Å². The number of alkyl halides is 6. The molecule has 0 amide bonds. The quantitative estimate of drug-likeness (QED) is 0.248. The highest BCUT2D eigenvalue weighted by molar-refractivity contribution is 6.31. The minimum absolute atomic E-state index is 0.00276. The van der Waals surface area contributed by atoms with Crippen LogP contribution in [-0.4, -0.2) is 10.1 Å². The largest absolute Gasteiger partial charge is 0.471 e. The number of halogens is 8. The van der Waals surface area contributed by atoms with Crippen LogP contribution in [0, 0.1) is 5.82 Å². The summed E-state index contributed by atoms with van der Waals surface area (Å²) in [5.74, 6) is -2.98. The molecule has 0 saturated carbocycles. The topological polar surface area (TPSA) is 97.1 Å². The molecule has 4 aromatic rings. The van der Waals surface area contributed by atoms with Crippen LogP contribution in [0.3, 0.4) is 0 Å². The number of benzene rings is 2. The van der Waals surface area contributed by atoms with E-state index in [1.165, 1.54) is 12.1 Å². The van der Waals surface area contributed by atoms with E-state index in [0.29, 0.717) is 6.07 Å². The normalized spacial score (nSPS) is 12.2. The van der Waals surface area contributed by atoms with Gasteiger partial charge in [-0.05, 0) is 24.3 Å². The number of anilines is 3. The van der Waals surface area contributed by atoms with Crippen molar-refractivity contribution in [3.63, 3.8) is 0 Å². The average molecular weight is 535 g/mol. The van der Waals surface area contributed by atoms with Gasteiger partial charge in [0, 0.05) is 23.4 Å². The number of nitrogens with zero attached hydrogens (tertiary/aromatic N) is 2. The fraction of sp³-hybridized carbons (Fsp3) is 0.143. The molecule has 3 aromatic carbocycles. The molecule has 4 rings (SSSR count). The van der Waals surface area contributed by atoms with E-state index < -0.39 is 51.3 Å². The van der Waals surface area contributed by atoms with Crippen LogP contribution in [-0.2, 0) is 18.9 Å². The first-order valence-corrected chi connectivity index (χ1v) is 10.0. The van der Waals surface area contributed by atoms with E-state index in [0.717, 1.165) is 18.2 Å². The number of hydrogen-bond acceptors (Lipinski definition) is 7. The van der Waals surface area contributed by atoms with Crippen molar-refractivity contribution in [2.45, 2.75) is 18.9 Å². The lowest BCUT2D eigenvalue weighted by Crippen LogP contribution is -2.36. The van der Waals surface area contributed by atoms with Crippen LogP contribution in [0.5, 0.6) is 0 Å². The Morgan fingerprint density at radius 2 is 1.61 bits per heavy atom. The van der Waals surface area contributed by atoms with Crippen LogP contribution < -0.4 is 21.5 Å². The summed E-state index contributed by atoms with van der Waals surface area (Å²) in [5, 5.41) is 7.58. The summed E-state index contributed by atoms with van der Waals surface area (Å²) in [4.78, 5) is 27.0. The molecule has 7 nitrogen and oxygen atoms in total. The first-order valence-electron chi connectivity index (χ1n) is 9.66. The summed E-state index contributed by atoms with van der Waals surface area (Å²) >= 11 is 5.64. The van der Waals surface area contributed by atoms with Gasteiger partial charge >= 0.3 is 18.2 Å². The smallest absolute Gasteiger partial charge is 0.376 e. The predicted molar refractivity (Wildman–Crippen MR) is 113 cm³/mol. The average Bonchev–Trinajstić information content (AvgIpc) is 3.29. The van der Waals surface area contributed by atoms with Crippen molar-refractivity contribution in [2.75, 3.05) is 10.6 Å².